The Morgan fingerprint density at radius 1 is 1.20 bits per heavy atom. The van der Waals surface area contributed by atoms with Gasteiger partial charge in [-0.1, -0.05) is 30.3 Å². The number of hydrogen-bond donors (Lipinski definition) is 1. The van der Waals surface area contributed by atoms with Crippen LogP contribution in [0.4, 0.5) is 4.39 Å². The number of nitrogens with zero attached hydrogens (tertiary/aromatic N) is 1. The molecule has 0 saturated carbocycles. The van der Waals surface area contributed by atoms with E-state index in [-0.39, 0.29) is 25.3 Å². The molecule has 128 valence electrons. The summed E-state index contributed by atoms with van der Waals surface area (Å²) in [6, 6.07) is 13.5. The molecule has 0 bridgehead atoms. The number of halogens is 1. The second-order valence-corrected chi connectivity index (χ2v) is 6.42. The molecule has 0 radical (unpaired) electrons. The van der Waals surface area contributed by atoms with Crippen LogP contribution in [-0.2, 0) is 16.0 Å². The highest BCUT2D eigenvalue weighted by molar-refractivity contribution is 6.06. The second kappa shape index (κ2) is 5.58. The predicted octanol–water partition coefficient (Wildman–Crippen LogP) is 3.15. The first kappa shape index (κ1) is 15.6. The van der Waals surface area contributed by atoms with Gasteiger partial charge in [-0.3, -0.25) is 4.79 Å². The van der Waals surface area contributed by atoms with Gasteiger partial charge in [-0.25, -0.2) is 9.18 Å². The van der Waals surface area contributed by atoms with Crippen molar-refractivity contribution in [3.63, 3.8) is 0 Å². The first-order valence-electron chi connectivity index (χ1n) is 8.06. The number of carboxylic acids is 1. The predicted molar refractivity (Wildman–Crippen MR) is 90.1 cm³/mol. The fourth-order valence-electron chi connectivity index (χ4n) is 3.35. The number of carbonyl (C=O) groups is 2. The van der Waals surface area contributed by atoms with Gasteiger partial charge in [0.05, 0.1) is 13.0 Å². The van der Waals surface area contributed by atoms with E-state index in [4.69, 9.17) is 9.52 Å². The van der Waals surface area contributed by atoms with E-state index in [1.807, 2.05) is 42.5 Å². The van der Waals surface area contributed by atoms with Crippen LogP contribution in [0.25, 0.3) is 21.7 Å². The Labute approximate surface area is 142 Å². The van der Waals surface area contributed by atoms with E-state index in [1.165, 1.54) is 4.90 Å². The number of carbonyl (C=O) groups excluding carboxylic acids is 1. The highest BCUT2D eigenvalue weighted by Crippen LogP contribution is 2.30. The Morgan fingerprint density at radius 3 is 2.76 bits per heavy atom. The molecule has 4 rings (SSSR count). The Kier molecular flexibility index (Phi) is 3.49. The number of likely N-dealkylation sites (tertiary alicyclic amines) is 1. The summed E-state index contributed by atoms with van der Waals surface area (Å²) in [6.45, 7) is -0.310. The van der Waals surface area contributed by atoms with Crippen LogP contribution < -0.4 is 0 Å². The summed E-state index contributed by atoms with van der Waals surface area (Å²) >= 11 is 0. The van der Waals surface area contributed by atoms with Crippen molar-refractivity contribution in [1.29, 1.82) is 0 Å². The van der Waals surface area contributed by atoms with Crippen LogP contribution in [0, 0.1) is 0 Å². The van der Waals surface area contributed by atoms with E-state index in [2.05, 4.69) is 0 Å². The zero-order chi connectivity index (χ0) is 17.6. The monoisotopic (exact) mass is 341 g/mol. The van der Waals surface area contributed by atoms with Gasteiger partial charge < -0.3 is 14.4 Å². The summed E-state index contributed by atoms with van der Waals surface area (Å²) in [5.41, 5.74) is -1.66. The maximum atomic E-state index is 14.1. The van der Waals surface area contributed by atoms with Gasteiger partial charge >= 0.3 is 5.97 Å². The van der Waals surface area contributed by atoms with Crippen LogP contribution >= 0.6 is 0 Å². The van der Waals surface area contributed by atoms with Crippen LogP contribution in [0.3, 0.4) is 0 Å². The summed E-state index contributed by atoms with van der Waals surface area (Å²) < 4.78 is 19.9. The highest BCUT2D eigenvalue weighted by atomic mass is 19.1. The van der Waals surface area contributed by atoms with Gasteiger partial charge in [0.1, 0.15) is 11.3 Å². The van der Waals surface area contributed by atoms with E-state index in [0.29, 0.717) is 11.3 Å². The molecule has 1 unspecified atom stereocenters. The number of carboxylic acid groups (broad SMARTS) is 1. The lowest BCUT2D eigenvalue weighted by Gasteiger charge is -2.17. The molecule has 25 heavy (non-hydrogen) atoms. The Hall–Kier alpha value is -2.89. The Balaban J connectivity index is 1.58. The number of amides is 1. The summed E-state index contributed by atoms with van der Waals surface area (Å²) in [5.74, 6) is -1.36. The third kappa shape index (κ3) is 2.63. The summed E-state index contributed by atoms with van der Waals surface area (Å²) in [4.78, 5) is 24.6. The Morgan fingerprint density at radius 2 is 2.00 bits per heavy atom. The maximum absolute atomic E-state index is 14.1. The molecule has 1 aliphatic rings. The molecule has 5 nitrogen and oxygen atoms in total. The van der Waals surface area contributed by atoms with E-state index in [0.717, 1.165) is 16.2 Å². The fourth-order valence-corrected chi connectivity index (χ4v) is 3.35. The topological polar surface area (TPSA) is 70.8 Å². The molecule has 0 aliphatic carbocycles. The number of furan rings is 1. The molecule has 2 heterocycles. The number of alkyl halides is 1. The van der Waals surface area contributed by atoms with Gasteiger partial charge in [0.25, 0.3) is 0 Å². The third-order valence-corrected chi connectivity index (χ3v) is 4.76. The molecule has 2 aromatic carbocycles. The average Bonchev–Trinajstić information content (AvgIpc) is 3.19. The molecule has 3 aromatic rings. The van der Waals surface area contributed by atoms with Crippen molar-refractivity contribution < 1.29 is 23.5 Å². The molecule has 0 spiro atoms. The molecular formula is C19H16FNO4. The zero-order valence-electron chi connectivity index (χ0n) is 13.4. The summed E-state index contributed by atoms with van der Waals surface area (Å²) in [6.07, 6.45) is -0.197. The Bertz CT molecular complexity index is 995. The number of aliphatic carboxylic acids is 1. The first-order valence-corrected chi connectivity index (χ1v) is 8.06. The van der Waals surface area contributed by atoms with Gasteiger partial charge in [-0.2, -0.15) is 0 Å². The standard InChI is InChI=1S/C19H16FNO4/c20-19(18(23)24)7-8-21(11-19)17(22)10-13-9-15-14-4-2-1-3-12(14)5-6-16(15)25-13/h1-6,9H,7-8,10-11H2,(H,23,24). The first-order chi connectivity index (χ1) is 12.0. The van der Waals surface area contributed by atoms with Crippen LogP contribution in [0.2, 0.25) is 0 Å². The summed E-state index contributed by atoms with van der Waals surface area (Å²) in [7, 11) is 0. The van der Waals surface area contributed by atoms with Crippen molar-refractivity contribution in [2.75, 3.05) is 13.1 Å². The minimum absolute atomic E-state index is 0.0152. The number of hydrogen-bond acceptors (Lipinski definition) is 3. The van der Waals surface area contributed by atoms with E-state index in [9.17, 15) is 14.0 Å². The number of benzene rings is 2. The number of rotatable bonds is 3. The minimum atomic E-state index is -2.35. The van der Waals surface area contributed by atoms with Gasteiger partial charge in [-0.05, 0) is 22.9 Å². The van der Waals surface area contributed by atoms with Gasteiger partial charge in [0, 0.05) is 18.4 Å². The molecule has 6 heteroatoms. The minimum Gasteiger partial charge on any atom is -0.479 e. The maximum Gasteiger partial charge on any atom is 0.343 e. The lowest BCUT2D eigenvalue weighted by atomic mass is 10.1. The average molecular weight is 341 g/mol. The third-order valence-electron chi connectivity index (χ3n) is 4.76. The van der Waals surface area contributed by atoms with Crippen LogP contribution in [0.5, 0.6) is 0 Å². The normalized spacial score (nSPS) is 20.4. The van der Waals surface area contributed by atoms with Crippen molar-refractivity contribution in [1.82, 2.24) is 4.90 Å². The van der Waals surface area contributed by atoms with Crippen molar-refractivity contribution in [2.24, 2.45) is 0 Å². The van der Waals surface area contributed by atoms with Crippen molar-refractivity contribution in [3.05, 3.63) is 48.2 Å². The molecule has 1 aromatic heterocycles. The molecule has 1 atom stereocenters. The van der Waals surface area contributed by atoms with Gasteiger partial charge in [0.2, 0.25) is 11.6 Å². The van der Waals surface area contributed by atoms with Crippen LogP contribution in [0.15, 0.2) is 46.9 Å². The largest absolute Gasteiger partial charge is 0.479 e. The molecular weight excluding hydrogens is 325 g/mol. The summed E-state index contributed by atoms with van der Waals surface area (Å²) in [5, 5.41) is 12.0. The van der Waals surface area contributed by atoms with Crippen molar-refractivity contribution in [3.8, 4) is 0 Å². The second-order valence-electron chi connectivity index (χ2n) is 6.42. The highest BCUT2D eigenvalue weighted by Gasteiger charge is 2.46. The molecule has 1 fully saturated rings. The quantitative estimate of drug-likeness (QED) is 0.794. The lowest BCUT2D eigenvalue weighted by molar-refractivity contribution is -0.150. The van der Waals surface area contributed by atoms with Crippen LogP contribution in [-0.4, -0.2) is 40.6 Å². The molecule has 1 N–H and O–H groups in total. The SMILES string of the molecule is O=C(Cc1cc2c(ccc3ccccc32)o1)N1CCC(F)(C(=O)O)C1. The van der Waals surface area contributed by atoms with Gasteiger partial charge in [-0.15, -0.1) is 0 Å². The van der Waals surface area contributed by atoms with Crippen molar-refractivity contribution in [2.45, 2.75) is 18.5 Å². The lowest BCUT2D eigenvalue weighted by Crippen LogP contribution is -2.39. The smallest absolute Gasteiger partial charge is 0.343 e. The zero-order valence-corrected chi connectivity index (χ0v) is 13.4. The van der Waals surface area contributed by atoms with E-state index >= 15 is 0 Å². The van der Waals surface area contributed by atoms with Crippen molar-refractivity contribution >= 4 is 33.6 Å². The fraction of sp³-hybridized carbons (Fsp3) is 0.263. The molecule has 1 saturated heterocycles. The van der Waals surface area contributed by atoms with E-state index < -0.39 is 18.2 Å². The van der Waals surface area contributed by atoms with Crippen LogP contribution in [0.1, 0.15) is 12.2 Å². The molecule has 1 aliphatic heterocycles. The number of fused-ring (bicyclic) bond motifs is 3. The molecule has 1 amide bonds. The van der Waals surface area contributed by atoms with Gasteiger partial charge in [0.15, 0.2) is 0 Å². The van der Waals surface area contributed by atoms with E-state index in [1.54, 1.807) is 0 Å².